The average Bonchev–Trinajstić information content (AvgIpc) is 3.23. The number of allylic oxidation sites excluding steroid dienone is 3. The molecule has 2 aliphatic heterocycles. The number of carbonyl (C=O) groups excluding carboxylic acids is 1. The van der Waals surface area contributed by atoms with Crippen LogP contribution in [-0.2, 0) is 4.79 Å². The van der Waals surface area contributed by atoms with E-state index in [1.807, 2.05) is 37.3 Å². The van der Waals surface area contributed by atoms with Gasteiger partial charge in [-0.2, -0.15) is 5.10 Å². The molecule has 1 aromatic heterocycles. The van der Waals surface area contributed by atoms with E-state index >= 15 is 0 Å². The van der Waals surface area contributed by atoms with Gasteiger partial charge in [-0.25, -0.2) is 15.0 Å². The number of hydrazone groups is 1. The lowest BCUT2D eigenvalue weighted by atomic mass is 9.94. The number of piperidine rings is 1. The summed E-state index contributed by atoms with van der Waals surface area (Å²) >= 11 is 0. The lowest BCUT2D eigenvalue weighted by Crippen LogP contribution is -2.43. The summed E-state index contributed by atoms with van der Waals surface area (Å²) in [5.41, 5.74) is 0.898. The molecular weight excluding hydrogens is 354 g/mol. The van der Waals surface area contributed by atoms with E-state index in [1.54, 1.807) is 18.3 Å². The quantitative estimate of drug-likeness (QED) is 0.709. The zero-order valence-electron chi connectivity index (χ0n) is 16.5. The maximum Gasteiger partial charge on any atom is 0.246 e. The molecule has 1 amide bonds. The summed E-state index contributed by atoms with van der Waals surface area (Å²) in [6.07, 6.45) is 13.4. The van der Waals surface area contributed by atoms with Crippen molar-refractivity contribution in [3.05, 3.63) is 48.8 Å². The fourth-order valence-corrected chi connectivity index (χ4v) is 3.49. The van der Waals surface area contributed by atoms with E-state index in [1.165, 1.54) is 6.33 Å². The molecule has 0 N–H and O–H groups in total. The monoisotopic (exact) mass is 381 g/mol. The highest BCUT2D eigenvalue weighted by Gasteiger charge is 2.34. The smallest absolute Gasteiger partial charge is 0.246 e. The maximum atomic E-state index is 13.1. The molecule has 3 heterocycles. The van der Waals surface area contributed by atoms with Gasteiger partial charge >= 0.3 is 0 Å². The van der Waals surface area contributed by atoms with Crippen LogP contribution in [-0.4, -0.2) is 53.3 Å². The van der Waals surface area contributed by atoms with Crippen molar-refractivity contribution in [3.63, 3.8) is 0 Å². The lowest BCUT2D eigenvalue weighted by Gasteiger charge is -2.34. The lowest BCUT2D eigenvalue weighted by molar-refractivity contribution is -0.137. The van der Waals surface area contributed by atoms with Crippen LogP contribution < -0.4 is 9.64 Å². The van der Waals surface area contributed by atoms with Gasteiger partial charge in [-0.1, -0.05) is 30.9 Å². The molecule has 0 unspecified atom stereocenters. The third kappa shape index (κ3) is 4.47. The molecule has 148 valence electrons. The highest BCUT2D eigenvalue weighted by molar-refractivity contribution is 5.82. The van der Waals surface area contributed by atoms with Crippen molar-refractivity contribution in [2.24, 2.45) is 11.0 Å². The van der Waals surface area contributed by atoms with Gasteiger partial charge in [-0.05, 0) is 25.3 Å². The number of ether oxygens (including phenoxy) is 1. The van der Waals surface area contributed by atoms with E-state index in [9.17, 15) is 4.79 Å². The number of amides is 1. The molecule has 1 aromatic rings. The summed E-state index contributed by atoms with van der Waals surface area (Å²) in [7, 11) is 1.59. The first-order valence-corrected chi connectivity index (χ1v) is 9.58. The molecule has 7 heteroatoms. The van der Waals surface area contributed by atoms with Crippen molar-refractivity contribution in [1.82, 2.24) is 15.0 Å². The van der Waals surface area contributed by atoms with E-state index in [2.05, 4.69) is 26.5 Å². The molecule has 3 rings (SSSR count). The van der Waals surface area contributed by atoms with E-state index in [4.69, 9.17) is 4.74 Å². The molecule has 0 saturated carbocycles. The van der Waals surface area contributed by atoms with Crippen molar-refractivity contribution in [2.45, 2.75) is 32.2 Å². The summed E-state index contributed by atoms with van der Waals surface area (Å²) in [5, 5.41) is 5.96. The number of hydrogen-bond donors (Lipinski definition) is 0. The third-order valence-corrected chi connectivity index (χ3v) is 5.10. The Labute approximate surface area is 166 Å². The Bertz CT molecular complexity index is 794. The van der Waals surface area contributed by atoms with Gasteiger partial charge in [0.25, 0.3) is 0 Å². The van der Waals surface area contributed by atoms with Crippen molar-refractivity contribution in [1.29, 1.82) is 0 Å². The Morgan fingerprint density at radius 1 is 1.29 bits per heavy atom. The minimum absolute atomic E-state index is 0.0370. The van der Waals surface area contributed by atoms with Crippen molar-refractivity contribution >= 4 is 17.9 Å². The van der Waals surface area contributed by atoms with Crippen LogP contribution in [0.5, 0.6) is 5.88 Å². The molecule has 0 spiro atoms. The van der Waals surface area contributed by atoms with Gasteiger partial charge in [-0.3, -0.25) is 4.79 Å². The number of nitrogens with zero attached hydrogens (tertiary/aromatic N) is 5. The Morgan fingerprint density at radius 2 is 2.07 bits per heavy atom. The molecule has 0 aromatic carbocycles. The van der Waals surface area contributed by atoms with Crippen LogP contribution in [0.4, 0.5) is 5.82 Å². The van der Waals surface area contributed by atoms with Crippen molar-refractivity contribution in [3.8, 4) is 5.88 Å². The van der Waals surface area contributed by atoms with Crippen LogP contribution in [0.1, 0.15) is 26.2 Å². The normalized spacial score (nSPS) is 20.4. The highest BCUT2D eigenvalue weighted by Crippen LogP contribution is 2.28. The van der Waals surface area contributed by atoms with Gasteiger partial charge in [-0.15, -0.1) is 0 Å². The number of aromatic nitrogens is 2. The van der Waals surface area contributed by atoms with Gasteiger partial charge in [0.05, 0.1) is 13.2 Å². The Balaban J connectivity index is 1.59. The van der Waals surface area contributed by atoms with Crippen LogP contribution in [0.2, 0.25) is 0 Å². The molecule has 2 aliphatic rings. The summed E-state index contributed by atoms with van der Waals surface area (Å²) in [5.74, 6) is 1.42. The van der Waals surface area contributed by atoms with Gasteiger partial charge in [0, 0.05) is 37.7 Å². The second-order valence-corrected chi connectivity index (χ2v) is 6.87. The molecular formula is C21H27N5O2. The molecule has 28 heavy (non-hydrogen) atoms. The summed E-state index contributed by atoms with van der Waals surface area (Å²) in [6, 6.07) is 1.74. The fraction of sp³-hybridized carbons (Fsp3) is 0.429. The first kappa shape index (κ1) is 19.8. The Kier molecular flexibility index (Phi) is 6.57. The van der Waals surface area contributed by atoms with Crippen LogP contribution in [0.3, 0.4) is 0 Å². The zero-order valence-corrected chi connectivity index (χ0v) is 16.5. The average molecular weight is 381 g/mol. The van der Waals surface area contributed by atoms with E-state index in [0.717, 1.165) is 37.3 Å². The van der Waals surface area contributed by atoms with E-state index in [0.29, 0.717) is 12.3 Å². The van der Waals surface area contributed by atoms with Crippen LogP contribution in [0, 0.1) is 5.92 Å². The van der Waals surface area contributed by atoms with Crippen LogP contribution >= 0.6 is 0 Å². The number of anilines is 1. The number of methoxy groups -OCH3 is 1. The zero-order chi connectivity index (χ0) is 19.9. The van der Waals surface area contributed by atoms with Crippen molar-refractivity contribution in [2.75, 3.05) is 25.1 Å². The Morgan fingerprint density at radius 3 is 2.79 bits per heavy atom. The molecule has 0 aliphatic carbocycles. The van der Waals surface area contributed by atoms with E-state index in [-0.39, 0.29) is 17.9 Å². The number of carbonyl (C=O) groups is 1. The highest BCUT2D eigenvalue weighted by atomic mass is 16.5. The Hall–Kier alpha value is -2.96. The van der Waals surface area contributed by atoms with Gasteiger partial charge in [0.1, 0.15) is 12.1 Å². The van der Waals surface area contributed by atoms with Gasteiger partial charge < -0.3 is 9.64 Å². The SMILES string of the molecule is C=C(/C=C\C=C/C)[C@@H]1CC=NN1C(=O)C1CCN(c2cc(OC)ncn2)CC1. The molecule has 7 nitrogen and oxygen atoms in total. The largest absolute Gasteiger partial charge is 0.481 e. The predicted molar refractivity (Wildman–Crippen MR) is 110 cm³/mol. The second-order valence-electron chi connectivity index (χ2n) is 6.87. The number of hydrogen-bond acceptors (Lipinski definition) is 6. The maximum absolute atomic E-state index is 13.1. The second kappa shape index (κ2) is 9.30. The minimum atomic E-state index is -0.0850. The standard InChI is InChI=1S/C21H27N5O2/c1-4-5-6-7-16(2)18-8-11-24-26(18)21(27)17-9-12-25(13-10-17)19-14-20(28-3)23-15-22-19/h4-7,11,14-15,17-18H,2,8-10,12-13H2,1,3H3/b5-4-,7-6-/t18-/m0/s1. The minimum Gasteiger partial charge on any atom is -0.481 e. The third-order valence-electron chi connectivity index (χ3n) is 5.10. The van der Waals surface area contributed by atoms with Gasteiger partial charge in [0.15, 0.2) is 0 Å². The topological polar surface area (TPSA) is 70.9 Å². The molecule has 1 atom stereocenters. The summed E-state index contributed by atoms with van der Waals surface area (Å²) in [4.78, 5) is 23.6. The molecule has 0 bridgehead atoms. The fourth-order valence-electron chi connectivity index (χ4n) is 3.49. The molecule has 0 radical (unpaired) electrons. The molecule has 1 saturated heterocycles. The molecule has 1 fully saturated rings. The number of rotatable bonds is 6. The first-order valence-electron chi connectivity index (χ1n) is 9.58. The van der Waals surface area contributed by atoms with Crippen molar-refractivity contribution < 1.29 is 9.53 Å². The van der Waals surface area contributed by atoms with Gasteiger partial charge in [0.2, 0.25) is 11.8 Å². The van der Waals surface area contributed by atoms with Crippen LogP contribution in [0.15, 0.2) is 54.0 Å². The summed E-state index contributed by atoms with van der Waals surface area (Å²) in [6.45, 7) is 7.62. The van der Waals surface area contributed by atoms with Crippen LogP contribution in [0.25, 0.3) is 0 Å². The predicted octanol–water partition coefficient (Wildman–Crippen LogP) is 2.98. The van der Waals surface area contributed by atoms with E-state index < -0.39 is 0 Å². The summed E-state index contributed by atoms with van der Waals surface area (Å²) < 4.78 is 5.17. The first-order chi connectivity index (χ1) is 13.6.